The van der Waals surface area contributed by atoms with E-state index in [-0.39, 0.29) is 6.54 Å². The molecule has 0 unspecified atom stereocenters. The van der Waals surface area contributed by atoms with Crippen molar-refractivity contribution in [1.29, 1.82) is 0 Å². The van der Waals surface area contributed by atoms with E-state index in [0.717, 1.165) is 10.6 Å². The van der Waals surface area contributed by atoms with Crippen LogP contribution in [-0.2, 0) is 16.9 Å². The van der Waals surface area contributed by atoms with Gasteiger partial charge in [-0.05, 0) is 48.5 Å². The summed E-state index contributed by atoms with van der Waals surface area (Å²) in [6.07, 6.45) is 0. The van der Waals surface area contributed by atoms with Gasteiger partial charge in [0.1, 0.15) is 11.5 Å². The molecule has 1 saturated heterocycles. The van der Waals surface area contributed by atoms with Gasteiger partial charge in [0.15, 0.2) is 11.4 Å². The largest absolute Gasteiger partial charge is 0.463 e. The number of aromatic nitrogens is 4. The maximum atomic E-state index is 12.9. The topological polar surface area (TPSA) is 106 Å². The summed E-state index contributed by atoms with van der Waals surface area (Å²) in [6, 6.07) is 12.2. The first-order valence-electron chi connectivity index (χ1n) is 8.03. The summed E-state index contributed by atoms with van der Waals surface area (Å²) in [6.45, 7) is 3.34. The van der Waals surface area contributed by atoms with Crippen LogP contribution in [-0.4, -0.2) is 37.0 Å². The molecule has 0 aliphatic carbocycles. The summed E-state index contributed by atoms with van der Waals surface area (Å²) < 4.78 is 7.05. The molecule has 0 saturated carbocycles. The highest BCUT2D eigenvalue weighted by atomic mass is 16.3. The number of hydrogen-bond donors (Lipinski definition) is 1. The Bertz CT molecular complexity index is 979. The molecule has 3 heterocycles. The summed E-state index contributed by atoms with van der Waals surface area (Å²) >= 11 is 0. The van der Waals surface area contributed by atoms with Crippen molar-refractivity contribution in [2.75, 3.05) is 0 Å². The van der Waals surface area contributed by atoms with Gasteiger partial charge in [-0.15, -0.1) is 5.10 Å². The molecular formula is C17H16N6O3. The highest BCUT2D eigenvalue weighted by Gasteiger charge is 2.51. The Morgan fingerprint density at radius 1 is 1.15 bits per heavy atom. The maximum Gasteiger partial charge on any atom is 0.325 e. The van der Waals surface area contributed by atoms with Gasteiger partial charge >= 0.3 is 6.03 Å². The van der Waals surface area contributed by atoms with E-state index in [1.165, 1.54) is 4.68 Å². The SMILES string of the molecule is Cc1ccc([C@]2(C)NC(=O)N(Cc3nnnn3-c3ccccc3)C2=O)o1. The molecule has 1 aromatic carbocycles. The number of benzene rings is 1. The minimum Gasteiger partial charge on any atom is -0.463 e. The molecule has 4 rings (SSSR count). The van der Waals surface area contributed by atoms with Crippen LogP contribution in [0.15, 0.2) is 46.9 Å². The van der Waals surface area contributed by atoms with E-state index in [4.69, 9.17) is 4.42 Å². The zero-order chi connectivity index (χ0) is 18.3. The highest BCUT2D eigenvalue weighted by molar-refractivity contribution is 6.06. The number of nitrogens with zero attached hydrogens (tertiary/aromatic N) is 5. The van der Waals surface area contributed by atoms with Crippen LogP contribution in [0.25, 0.3) is 5.69 Å². The Balaban J connectivity index is 1.63. The maximum absolute atomic E-state index is 12.9. The highest BCUT2D eigenvalue weighted by Crippen LogP contribution is 2.30. The first-order valence-corrected chi connectivity index (χ1v) is 8.03. The predicted molar refractivity (Wildman–Crippen MR) is 89.0 cm³/mol. The van der Waals surface area contributed by atoms with Crippen LogP contribution < -0.4 is 5.32 Å². The second-order valence-electron chi connectivity index (χ2n) is 6.20. The number of urea groups is 1. The van der Waals surface area contributed by atoms with Crippen molar-refractivity contribution in [3.63, 3.8) is 0 Å². The number of hydrogen-bond acceptors (Lipinski definition) is 6. The van der Waals surface area contributed by atoms with Gasteiger partial charge in [0.25, 0.3) is 5.91 Å². The Morgan fingerprint density at radius 3 is 2.62 bits per heavy atom. The third kappa shape index (κ3) is 2.44. The van der Waals surface area contributed by atoms with Crippen molar-refractivity contribution in [3.8, 4) is 5.69 Å². The Kier molecular flexibility index (Phi) is 3.57. The fourth-order valence-electron chi connectivity index (χ4n) is 2.93. The zero-order valence-electron chi connectivity index (χ0n) is 14.2. The lowest BCUT2D eigenvalue weighted by atomic mass is 9.99. The standard InChI is InChI=1S/C17H16N6O3/c1-11-8-9-13(26-11)17(2)15(24)22(16(25)18-17)10-14-19-20-21-23(14)12-6-4-3-5-7-12/h3-9H,10H2,1-2H3,(H,18,25)/t17-/m0/s1. The average molecular weight is 352 g/mol. The average Bonchev–Trinajstić information content (AvgIpc) is 3.32. The number of rotatable bonds is 4. The quantitative estimate of drug-likeness (QED) is 0.714. The van der Waals surface area contributed by atoms with Crippen molar-refractivity contribution in [1.82, 2.24) is 30.4 Å². The molecule has 9 nitrogen and oxygen atoms in total. The minimum atomic E-state index is -1.25. The van der Waals surface area contributed by atoms with Gasteiger partial charge in [0.05, 0.1) is 12.2 Å². The molecule has 1 fully saturated rings. The Labute approximate surface area is 148 Å². The summed E-state index contributed by atoms with van der Waals surface area (Å²) in [7, 11) is 0. The summed E-state index contributed by atoms with van der Waals surface area (Å²) in [5, 5.41) is 14.3. The van der Waals surface area contributed by atoms with E-state index in [9.17, 15) is 9.59 Å². The Morgan fingerprint density at radius 2 is 1.92 bits per heavy atom. The van der Waals surface area contributed by atoms with Gasteiger partial charge in [-0.25, -0.2) is 4.79 Å². The molecule has 132 valence electrons. The van der Waals surface area contributed by atoms with E-state index < -0.39 is 17.5 Å². The molecule has 3 aromatic rings. The minimum absolute atomic E-state index is 0.0537. The number of aryl methyl sites for hydroxylation is 1. The van der Waals surface area contributed by atoms with Gasteiger partial charge in [-0.1, -0.05) is 18.2 Å². The van der Waals surface area contributed by atoms with E-state index in [1.54, 1.807) is 26.0 Å². The molecule has 1 N–H and O–H groups in total. The lowest BCUT2D eigenvalue weighted by Crippen LogP contribution is -2.40. The first kappa shape index (κ1) is 16.0. The van der Waals surface area contributed by atoms with Crippen molar-refractivity contribution in [2.45, 2.75) is 25.9 Å². The normalized spacial score (nSPS) is 19.8. The van der Waals surface area contributed by atoms with E-state index in [1.807, 2.05) is 30.3 Å². The third-order valence-corrected chi connectivity index (χ3v) is 4.34. The fourth-order valence-corrected chi connectivity index (χ4v) is 2.93. The predicted octanol–water partition coefficient (Wildman–Crippen LogP) is 1.53. The van der Waals surface area contributed by atoms with Crippen LogP contribution >= 0.6 is 0 Å². The molecule has 1 atom stereocenters. The van der Waals surface area contributed by atoms with Crippen LogP contribution in [0.2, 0.25) is 0 Å². The number of para-hydroxylation sites is 1. The monoisotopic (exact) mass is 352 g/mol. The van der Waals surface area contributed by atoms with Gasteiger partial charge < -0.3 is 9.73 Å². The van der Waals surface area contributed by atoms with Crippen molar-refractivity contribution in [2.24, 2.45) is 0 Å². The molecule has 2 aromatic heterocycles. The number of nitrogens with one attached hydrogen (secondary N) is 1. The molecule has 26 heavy (non-hydrogen) atoms. The third-order valence-electron chi connectivity index (χ3n) is 4.34. The van der Waals surface area contributed by atoms with Crippen molar-refractivity contribution >= 4 is 11.9 Å². The molecule has 0 radical (unpaired) electrons. The number of tetrazole rings is 1. The molecular weight excluding hydrogens is 336 g/mol. The van der Waals surface area contributed by atoms with Crippen LogP contribution in [0, 0.1) is 6.92 Å². The lowest BCUT2D eigenvalue weighted by Gasteiger charge is -2.19. The van der Waals surface area contributed by atoms with E-state index in [2.05, 4.69) is 20.8 Å². The van der Waals surface area contributed by atoms with Gasteiger partial charge in [0.2, 0.25) is 0 Å². The number of imide groups is 1. The van der Waals surface area contributed by atoms with Crippen LogP contribution in [0.1, 0.15) is 24.3 Å². The van der Waals surface area contributed by atoms with E-state index in [0.29, 0.717) is 17.3 Å². The molecule has 0 spiro atoms. The Hall–Kier alpha value is -3.49. The second-order valence-corrected chi connectivity index (χ2v) is 6.20. The van der Waals surface area contributed by atoms with Crippen LogP contribution in [0.4, 0.5) is 4.79 Å². The van der Waals surface area contributed by atoms with Crippen LogP contribution in [0.3, 0.4) is 0 Å². The lowest BCUT2D eigenvalue weighted by molar-refractivity contribution is -0.132. The second kappa shape index (κ2) is 5.80. The van der Waals surface area contributed by atoms with Crippen molar-refractivity contribution < 1.29 is 14.0 Å². The number of amides is 3. The molecule has 0 bridgehead atoms. The number of carbonyl (C=O) groups excluding carboxylic acids is 2. The fraction of sp³-hybridized carbons (Fsp3) is 0.235. The van der Waals surface area contributed by atoms with Crippen molar-refractivity contribution in [3.05, 3.63) is 59.8 Å². The van der Waals surface area contributed by atoms with E-state index >= 15 is 0 Å². The summed E-state index contributed by atoms with van der Waals surface area (Å²) in [5.74, 6) is 1.01. The number of carbonyl (C=O) groups is 2. The number of furan rings is 1. The molecule has 3 amide bonds. The first-order chi connectivity index (χ1) is 12.5. The summed E-state index contributed by atoms with van der Waals surface area (Å²) in [4.78, 5) is 26.4. The smallest absolute Gasteiger partial charge is 0.325 e. The molecule has 1 aliphatic heterocycles. The van der Waals surface area contributed by atoms with Crippen LogP contribution in [0.5, 0.6) is 0 Å². The molecule has 1 aliphatic rings. The molecule has 9 heteroatoms. The van der Waals surface area contributed by atoms with Gasteiger partial charge in [-0.2, -0.15) is 4.68 Å². The summed E-state index contributed by atoms with van der Waals surface area (Å²) in [5.41, 5.74) is -0.514. The van der Waals surface area contributed by atoms with Gasteiger partial charge in [-0.3, -0.25) is 9.69 Å². The zero-order valence-corrected chi connectivity index (χ0v) is 14.2. The van der Waals surface area contributed by atoms with Gasteiger partial charge in [0, 0.05) is 0 Å².